The molecule has 478 valence electrons. The van der Waals surface area contributed by atoms with E-state index in [9.17, 15) is 0 Å². The molecule has 19 rings (SSSR count). The second-order valence-corrected chi connectivity index (χ2v) is 26.4. The zero-order valence-electron chi connectivity index (χ0n) is 56.2. The highest BCUT2D eigenvalue weighted by atomic mass is 15.0. The molecule has 2 nitrogen and oxygen atoms in total. The molecule has 0 unspecified atom stereocenters. The maximum Gasteiger partial charge on any atom is 0.0535 e. The van der Waals surface area contributed by atoms with Gasteiger partial charge in [-0.05, 0) is 205 Å². The van der Waals surface area contributed by atoms with E-state index in [2.05, 4.69) is 422 Å². The largest absolute Gasteiger partial charge is 0.316 e. The average Bonchev–Trinajstić information content (AvgIpc) is 1.58. The van der Waals surface area contributed by atoms with Crippen LogP contribution in [0.25, 0.3) is 177 Å². The minimum absolute atomic E-state index is 1.12. The van der Waals surface area contributed by atoms with Crippen molar-refractivity contribution >= 4 is 54.1 Å². The first-order valence-electron chi connectivity index (χ1n) is 35.1. The molecule has 0 aliphatic heterocycles. The van der Waals surface area contributed by atoms with E-state index in [0.717, 1.165) is 16.9 Å². The Hall–Kier alpha value is -13.4. The van der Waals surface area contributed by atoms with Crippen molar-refractivity contribution in [2.45, 2.75) is 0 Å². The fraction of sp³-hybridized carbons (Fsp3) is 0. The lowest BCUT2D eigenvalue weighted by molar-refractivity contribution is 1.13. The Morgan fingerprint density at radius 3 is 1.04 bits per heavy atom. The summed E-state index contributed by atoms with van der Waals surface area (Å²) in [6.45, 7) is 0. The summed E-state index contributed by atoms with van der Waals surface area (Å²) >= 11 is 0. The molecule has 0 radical (unpaired) electrons. The Kier molecular flexibility index (Phi) is 16.0. The van der Waals surface area contributed by atoms with E-state index in [-0.39, 0.29) is 0 Å². The summed E-state index contributed by atoms with van der Waals surface area (Å²) in [6, 6.07) is 145. The number of hydrogen-bond donors (Lipinski definition) is 0. The smallest absolute Gasteiger partial charge is 0.0535 e. The van der Waals surface area contributed by atoms with Gasteiger partial charge in [0.15, 0.2) is 0 Å². The highest BCUT2D eigenvalue weighted by Crippen LogP contribution is 2.45. The molecule has 0 aliphatic carbocycles. The van der Waals surface area contributed by atoms with E-state index in [0.29, 0.717) is 0 Å². The van der Waals surface area contributed by atoms with Gasteiger partial charge in [0.05, 0.1) is 11.0 Å². The minimum atomic E-state index is 1.12. The van der Waals surface area contributed by atoms with Crippen molar-refractivity contribution in [2.75, 3.05) is 0 Å². The van der Waals surface area contributed by atoms with Crippen molar-refractivity contribution < 1.29 is 0 Å². The lowest BCUT2D eigenvalue weighted by Crippen LogP contribution is -1.92. The Balaban J connectivity index is 0.000000158. The van der Waals surface area contributed by atoms with Crippen molar-refractivity contribution in [1.82, 2.24) is 9.13 Å². The topological polar surface area (TPSA) is 9.86 Å². The quantitative estimate of drug-likeness (QED) is 0.108. The van der Waals surface area contributed by atoms with E-state index in [4.69, 9.17) is 0 Å². The second-order valence-electron chi connectivity index (χ2n) is 26.4. The second kappa shape index (κ2) is 26.8. The third-order valence-corrected chi connectivity index (χ3v) is 20.3. The molecule has 0 N–H and O–H groups in total. The Labute approximate surface area is 594 Å². The van der Waals surface area contributed by atoms with Crippen LogP contribution in [0.4, 0.5) is 0 Å². The summed E-state index contributed by atoms with van der Waals surface area (Å²) < 4.78 is 4.70. The van der Waals surface area contributed by atoms with Crippen LogP contribution in [0.3, 0.4) is 0 Å². The van der Waals surface area contributed by atoms with Gasteiger partial charge < -0.3 is 9.13 Å². The molecule has 0 fully saturated rings. The molecule has 2 heteroatoms. The number of hydrogen-bond acceptors (Lipinski definition) is 0. The molecule has 19 aromatic rings. The first-order valence-corrected chi connectivity index (χ1v) is 35.1. The summed E-state index contributed by atoms with van der Waals surface area (Å²) in [5.74, 6) is 0. The van der Waals surface area contributed by atoms with E-state index in [1.165, 1.54) is 160 Å². The Morgan fingerprint density at radius 1 is 0.137 bits per heavy atom. The highest BCUT2D eigenvalue weighted by Gasteiger charge is 2.21. The molecule has 0 bridgehead atoms. The van der Waals surface area contributed by atoms with Crippen molar-refractivity contribution in [2.24, 2.45) is 0 Å². The van der Waals surface area contributed by atoms with Gasteiger partial charge in [0, 0.05) is 45.7 Å². The van der Waals surface area contributed by atoms with Gasteiger partial charge in [0.1, 0.15) is 0 Å². The lowest BCUT2D eigenvalue weighted by atomic mass is 9.89. The fourth-order valence-electron chi connectivity index (χ4n) is 15.1. The van der Waals surface area contributed by atoms with Gasteiger partial charge in [-0.15, -0.1) is 0 Å². The molecule has 2 aromatic heterocycles. The normalized spacial score (nSPS) is 11.3. The number of nitrogens with zero attached hydrogens (tertiary/aromatic N) is 2. The average molecular weight is 1300 g/mol. The number of aromatic nitrogens is 2. The van der Waals surface area contributed by atoms with Crippen LogP contribution in [0, 0.1) is 0 Å². The number of rotatable bonds is 12. The molecular formula is C100H68N2. The monoisotopic (exact) mass is 1300 g/mol. The predicted octanol–water partition coefficient (Wildman–Crippen LogP) is 27.4. The molecule has 0 amide bonds. The molecule has 0 atom stereocenters. The predicted molar refractivity (Wildman–Crippen MR) is 433 cm³/mol. The maximum atomic E-state index is 2.41. The van der Waals surface area contributed by atoms with E-state index in [1.807, 2.05) is 0 Å². The van der Waals surface area contributed by atoms with Gasteiger partial charge in [-0.1, -0.05) is 328 Å². The summed E-state index contributed by atoms with van der Waals surface area (Å²) in [4.78, 5) is 0. The summed E-state index contributed by atoms with van der Waals surface area (Å²) in [5.41, 5.74) is 28.8. The van der Waals surface area contributed by atoms with Crippen molar-refractivity contribution in [1.29, 1.82) is 0 Å². The van der Waals surface area contributed by atoms with Crippen LogP contribution >= 0.6 is 0 Å². The summed E-state index contributed by atoms with van der Waals surface area (Å²) in [7, 11) is 0. The molecule has 102 heavy (non-hydrogen) atoms. The fourth-order valence-corrected chi connectivity index (χ4v) is 15.1. The van der Waals surface area contributed by atoms with Crippen LogP contribution in [0.5, 0.6) is 0 Å². The van der Waals surface area contributed by atoms with Gasteiger partial charge in [-0.2, -0.15) is 0 Å². The van der Waals surface area contributed by atoms with Crippen molar-refractivity contribution in [3.63, 3.8) is 0 Å². The molecule has 0 spiro atoms. The number of fused-ring (bicyclic) bond motifs is 6. The van der Waals surface area contributed by atoms with Crippen molar-refractivity contribution in [3.8, 4) is 123 Å². The van der Waals surface area contributed by atoms with Crippen LogP contribution < -0.4 is 0 Å². The molecule has 2 heterocycles. The first-order chi connectivity index (χ1) is 50.6. The minimum Gasteiger partial charge on any atom is -0.316 e. The highest BCUT2D eigenvalue weighted by molar-refractivity contribution is 6.14. The third kappa shape index (κ3) is 11.7. The van der Waals surface area contributed by atoms with E-state index < -0.39 is 0 Å². The SMILES string of the molecule is c1ccc(-c2ccc(-c3ccc4c(c3)c(-c3ccc(-c5ccccc5)cc3-c3ccccc3)cn4-c3ccc(-c4ccc5ccccc5c4)cc3)c(-c3ccccc3)c2)cc1.c1ccc(-c2ccc3c(c2)c(-c2ccccc2)cn3-c2ccc(-c3cc4ccccc4c4ccccc34)cc2)cc1. The van der Waals surface area contributed by atoms with E-state index in [1.54, 1.807) is 0 Å². The van der Waals surface area contributed by atoms with Gasteiger partial charge >= 0.3 is 0 Å². The van der Waals surface area contributed by atoms with Gasteiger partial charge in [0.25, 0.3) is 0 Å². The first kappa shape index (κ1) is 61.0. The van der Waals surface area contributed by atoms with Gasteiger partial charge in [-0.3, -0.25) is 0 Å². The van der Waals surface area contributed by atoms with E-state index >= 15 is 0 Å². The third-order valence-electron chi connectivity index (χ3n) is 20.3. The van der Waals surface area contributed by atoms with Crippen LogP contribution in [0.1, 0.15) is 0 Å². The number of benzene rings is 17. The Bertz CT molecular complexity index is 6230. The molecule has 0 aliphatic rings. The zero-order chi connectivity index (χ0) is 67.7. The molecule has 0 saturated heterocycles. The zero-order valence-corrected chi connectivity index (χ0v) is 56.2. The van der Waals surface area contributed by atoms with Crippen LogP contribution in [0.15, 0.2) is 413 Å². The Morgan fingerprint density at radius 2 is 0.480 bits per heavy atom. The summed E-state index contributed by atoms with van der Waals surface area (Å²) in [5, 5.41) is 10.1. The molecule has 17 aromatic carbocycles. The van der Waals surface area contributed by atoms with Crippen molar-refractivity contribution in [3.05, 3.63) is 413 Å². The maximum absolute atomic E-state index is 2.41. The van der Waals surface area contributed by atoms with Gasteiger partial charge in [0.2, 0.25) is 0 Å². The molecule has 0 saturated carbocycles. The van der Waals surface area contributed by atoms with Crippen LogP contribution in [-0.2, 0) is 0 Å². The molecular weight excluding hydrogens is 1230 g/mol. The summed E-state index contributed by atoms with van der Waals surface area (Å²) in [6.07, 6.45) is 4.63. The van der Waals surface area contributed by atoms with Crippen LogP contribution in [0.2, 0.25) is 0 Å². The van der Waals surface area contributed by atoms with Gasteiger partial charge in [-0.25, -0.2) is 0 Å². The lowest BCUT2D eigenvalue weighted by Gasteiger charge is -2.15. The standard InChI is InChI=1S/C60H41N.C40H27N/c1-5-15-42(16-6-1)50-29-34-54(56(38-50)46-20-9-3-10-21-46)52-31-36-60-58(40-52)59(55-35-30-51(43-17-7-2-8-18-43)39-57(55)47-22-11-4-12-23-47)41-61(60)53-32-27-45(28-33-53)49-26-25-44-19-13-14-24-48(44)37-49;1-3-11-28(12-4-1)31-21-24-40-38(25-31)39(29-13-5-2-6-14-29)27-41(40)33-22-19-30(20-23-33)37-26-32-15-7-8-16-34(32)35-17-9-10-18-36(35)37/h1-41H;1-27H. The van der Waals surface area contributed by atoms with Crippen LogP contribution in [-0.4, -0.2) is 9.13 Å².